The van der Waals surface area contributed by atoms with Crippen molar-refractivity contribution in [3.05, 3.63) is 33.9 Å². The third-order valence-electron chi connectivity index (χ3n) is 3.13. The second kappa shape index (κ2) is 5.23. The quantitative estimate of drug-likeness (QED) is 0.638. The van der Waals surface area contributed by atoms with Crippen molar-refractivity contribution in [2.24, 2.45) is 5.92 Å². The number of aliphatic hydroxyl groups excluding tert-OH is 1. The summed E-state index contributed by atoms with van der Waals surface area (Å²) < 4.78 is 4.92. The minimum atomic E-state index is -0.557. The van der Waals surface area contributed by atoms with Crippen molar-refractivity contribution in [3.8, 4) is 5.75 Å². The van der Waals surface area contributed by atoms with Gasteiger partial charge in [-0.15, -0.1) is 0 Å². The molecule has 1 aromatic rings. The van der Waals surface area contributed by atoms with Gasteiger partial charge in [-0.05, 0) is 6.07 Å². The van der Waals surface area contributed by atoms with Crippen LogP contribution in [0.3, 0.4) is 0 Å². The number of carbonyl (C=O) groups excluding carboxylic acids is 1. The van der Waals surface area contributed by atoms with Crippen LogP contribution in [0.5, 0.6) is 5.75 Å². The van der Waals surface area contributed by atoms with E-state index in [4.69, 9.17) is 9.84 Å². The van der Waals surface area contributed by atoms with Gasteiger partial charge in [-0.2, -0.15) is 0 Å². The fraction of sp³-hybridized carbons (Fsp3) is 0.417. The maximum atomic E-state index is 12.1. The molecular weight excluding hydrogens is 252 g/mol. The highest BCUT2D eigenvalue weighted by Gasteiger charge is 2.31. The van der Waals surface area contributed by atoms with E-state index in [9.17, 15) is 14.9 Å². The number of ether oxygens (including phenoxy) is 1. The van der Waals surface area contributed by atoms with E-state index in [1.165, 1.54) is 25.3 Å². The lowest BCUT2D eigenvalue weighted by Gasteiger charge is -2.38. The molecule has 1 aromatic carbocycles. The van der Waals surface area contributed by atoms with Crippen LogP contribution < -0.4 is 4.74 Å². The summed E-state index contributed by atoms with van der Waals surface area (Å²) in [5, 5.41) is 19.7. The maximum Gasteiger partial charge on any atom is 0.310 e. The lowest BCUT2D eigenvalue weighted by Crippen LogP contribution is -2.51. The lowest BCUT2D eigenvalue weighted by atomic mass is 10.00. The van der Waals surface area contributed by atoms with Crippen LogP contribution in [0.4, 0.5) is 5.69 Å². The molecule has 0 atom stereocenters. The van der Waals surface area contributed by atoms with Crippen LogP contribution in [0.1, 0.15) is 10.4 Å². The van der Waals surface area contributed by atoms with Gasteiger partial charge < -0.3 is 14.7 Å². The first-order valence-electron chi connectivity index (χ1n) is 5.79. The summed E-state index contributed by atoms with van der Waals surface area (Å²) in [5.41, 5.74) is 0.176. The largest absolute Gasteiger partial charge is 0.490 e. The van der Waals surface area contributed by atoms with Crippen LogP contribution >= 0.6 is 0 Å². The summed E-state index contributed by atoms with van der Waals surface area (Å²) in [6.45, 7) is 1.08. The van der Waals surface area contributed by atoms with E-state index in [0.717, 1.165) is 0 Å². The third-order valence-corrected chi connectivity index (χ3v) is 3.13. The van der Waals surface area contributed by atoms with Crippen molar-refractivity contribution in [1.29, 1.82) is 0 Å². The first-order chi connectivity index (χ1) is 9.06. The average molecular weight is 266 g/mol. The summed E-state index contributed by atoms with van der Waals surface area (Å²) in [6.07, 6.45) is 0. The molecule has 2 rings (SSSR count). The van der Waals surface area contributed by atoms with Crippen molar-refractivity contribution in [2.45, 2.75) is 0 Å². The molecule has 0 aromatic heterocycles. The summed E-state index contributed by atoms with van der Waals surface area (Å²) in [4.78, 5) is 23.8. The topological polar surface area (TPSA) is 92.9 Å². The van der Waals surface area contributed by atoms with Crippen LogP contribution in [0, 0.1) is 16.0 Å². The van der Waals surface area contributed by atoms with Crippen LogP contribution in [-0.2, 0) is 0 Å². The molecule has 0 aliphatic carbocycles. The Kier molecular flexibility index (Phi) is 3.66. The SMILES string of the molecule is COc1cc(C(=O)N2CC(CO)C2)ccc1[N+](=O)[O-]. The van der Waals surface area contributed by atoms with Crippen molar-refractivity contribution in [1.82, 2.24) is 4.90 Å². The van der Waals surface area contributed by atoms with Crippen LogP contribution in [0.15, 0.2) is 18.2 Å². The predicted molar refractivity (Wildman–Crippen MR) is 66.1 cm³/mol. The molecule has 1 aliphatic rings. The molecular formula is C12H14N2O5. The van der Waals surface area contributed by atoms with E-state index in [0.29, 0.717) is 18.7 Å². The van der Waals surface area contributed by atoms with E-state index in [2.05, 4.69) is 0 Å². The number of likely N-dealkylation sites (tertiary alicyclic amines) is 1. The normalized spacial score (nSPS) is 14.9. The minimum Gasteiger partial charge on any atom is -0.490 e. The molecule has 1 aliphatic heterocycles. The Morgan fingerprint density at radius 1 is 1.58 bits per heavy atom. The van der Waals surface area contributed by atoms with Gasteiger partial charge in [-0.1, -0.05) is 0 Å². The Bertz CT molecular complexity index is 511. The van der Waals surface area contributed by atoms with Gasteiger partial charge in [0.1, 0.15) is 0 Å². The van der Waals surface area contributed by atoms with Crippen LogP contribution in [0.2, 0.25) is 0 Å². The second-order valence-electron chi connectivity index (χ2n) is 4.40. The van der Waals surface area contributed by atoms with Crippen molar-refractivity contribution >= 4 is 11.6 Å². The van der Waals surface area contributed by atoms with Gasteiger partial charge in [-0.3, -0.25) is 14.9 Å². The molecule has 1 saturated heterocycles. The molecule has 7 nitrogen and oxygen atoms in total. The van der Waals surface area contributed by atoms with Gasteiger partial charge in [0.25, 0.3) is 5.91 Å². The molecule has 102 valence electrons. The van der Waals surface area contributed by atoms with Gasteiger partial charge >= 0.3 is 5.69 Å². The zero-order valence-electron chi connectivity index (χ0n) is 10.4. The molecule has 0 spiro atoms. The summed E-state index contributed by atoms with van der Waals surface area (Å²) >= 11 is 0. The van der Waals surface area contributed by atoms with Crippen LogP contribution in [-0.4, -0.2) is 47.6 Å². The minimum absolute atomic E-state index is 0.0629. The third kappa shape index (κ3) is 2.50. The van der Waals surface area contributed by atoms with Crippen molar-refractivity contribution in [2.75, 3.05) is 26.8 Å². The van der Waals surface area contributed by atoms with E-state index in [1.54, 1.807) is 4.90 Å². The highest BCUT2D eigenvalue weighted by Crippen LogP contribution is 2.29. The number of carbonyl (C=O) groups is 1. The number of amides is 1. The van der Waals surface area contributed by atoms with E-state index in [-0.39, 0.29) is 29.9 Å². The molecule has 1 heterocycles. The Labute approximate surface area is 109 Å². The van der Waals surface area contributed by atoms with E-state index >= 15 is 0 Å². The number of hydrogen-bond donors (Lipinski definition) is 1. The Balaban J connectivity index is 2.17. The van der Waals surface area contributed by atoms with Gasteiger partial charge in [0.05, 0.1) is 12.0 Å². The molecule has 1 amide bonds. The van der Waals surface area contributed by atoms with Crippen molar-refractivity contribution in [3.63, 3.8) is 0 Å². The van der Waals surface area contributed by atoms with Gasteiger partial charge in [0.15, 0.2) is 5.75 Å². The predicted octanol–water partition coefficient (Wildman–Crippen LogP) is 0.668. The highest BCUT2D eigenvalue weighted by atomic mass is 16.6. The maximum absolute atomic E-state index is 12.1. The second-order valence-corrected chi connectivity index (χ2v) is 4.40. The number of methoxy groups -OCH3 is 1. The lowest BCUT2D eigenvalue weighted by molar-refractivity contribution is -0.385. The molecule has 0 bridgehead atoms. The standard InChI is InChI=1S/C12H14N2O5/c1-19-11-4-9(2-3-10(11)14(17)18)12(16)13-5-8(6-13)7-15/h2-4,8,15H,5-7H2,1H3. The highest BCUT2D eigenvalue weighted by molar-refractivity contribution is 5.95. The average Bonchev–Trinajstić information content (AvgIpc) is 2.36. The molecule has 1 fully saturated rings. The number of nitro groups is 1. The monoisotopic (exact) mass is 266 g/mol. The number of nitrogens with zero attached hydrogens (tertiary/aromatic N) is 2. The summed E-state index contributed by atoms with van der Waals surface area (Å²) in [6, 6.07) is 4.04. The molecule has 19 heavy (non-hydrogen) atoms. The van der Waals surface area contributed by atoms with E-state index < -0.39 is 4.92 Å². The van der Waals surface area contributed by atoms with Gasteiger partial charge in [-0.25, -0.2) is 0 Å². The van der Waals surface area contributed by atoms with Crippen molar-refractivity contribution < 1.29 is 19.6 Å². The first kappa shape index (κ1) is 13.3. The number of rotatable bonds is 4. The molecule has 1 N–H and O–H groups in total. The van der Waals surface area contributed by atoms with Gasteiger partial charge in [0, 0.05) is 43.3 Å². The van der Waals surface area contributed by atoms with Crippen LogP contribution in [0.25, 0.3) is 0 Å². The molecule has 0 unspecified atom stereocenters. The smallest absolute Gasteiger partial charge is 0.310 e. The number of benzene rings is 1. The molecule has 7 heteroatoms. The first-order valence-corrected chi connectivity index (χ1v) is 5.79. The zero-order chi connectivity index (χ0) is 14.0. The fourth-order valence-electron chi connectivity index (χ4n) is 2.00. The summed E-state index contributed by atoms with van der Waals surface area (Å²) in [7, 11) is 1.32. The summed E-state index contributed by atoms with van der Waals surface area (Å²) in [5.74, 6) is -0.0168. The molecule has 0 saturated carbocycles. The number of hydrogen-bond acceptors (Lipinski definition) is 5. The Morgan fingerprint density at radius 3 is 2.79 bits per heavy atom. The number of aliphatic hydroxyl groups is 1. The zero-order valence-corrected chi connectivity index (χ0v) is 10.4. The Hall–Kier alpha value is -2.15. The van der Waals surface area contributed by atoms with E-state index in [1.807, 2.05) is 0 Å². The number of nitro benzene ring substituents is 1. The van der Waals surface area contributed by atoms with Gasteiger partial charge in [0.2, 0.25) is 0 Å². The fourth-order valence-corrected chi connectivity index (χ4v) is 2.00. The molecule has 0 radical (unpaired) electrons. The Morgan fingerprint density at radius 2 is 2.26 bits per heavy atom.